The van der Waals surface area contributed by atoms with Crippen molar-refractivity contribution < 1.29 is 12.8 Å². The summed E-state index contributed by atoms with van der Waals surface area (Å²) >= 11 is 0. The van der Waals surface area contributed by atoms with Gasteiger partial charge in [-0.25, -0.2) is 12.8 Å². The van der Waals surface area contributed by atoms with Crippen molar-refractivity contribution >= 4 is 15.5 Å². The molecule has 0 aliphatic rings. The summed E-state index contributed by atoms with van der Waals surface area (Å²) in [4.78, 5) is 0. The lowest BCUT2D eigenvalue weighted by atomic mass is 10.2. The maximum Gasteiger partial charge on any atom is 0.149 e. The van der Waals surface area contributed by atoms with E-state index in [0.717, 1.165) is 12.3 Å². The van der Waals surface area contributed by atoms with Gasteiger partial charge in [0.1, 0.15) is 21.7 Å². The summed E-state index contributed by atoms with van der Waals surface area (Å²) in [6.07, 6.45) is 1.14. The SMILES string of the molecule is CC(CS(C)(=O)=O)Nc1ccc(F)cc1C#N. The minimum Gasteiger partial charge on any atom is -0.380 e. The fourth-order valence-electron chi connectivity index (χ4n) is 1.50. The molecule has 0 fully saturated rings. The molecule has 0 radical (unpaired) electrons. The van der Waals surface area contributed by atoms with Gasteiger partial charge in [0.05, 0.1) is 17.0 Å². The van der Waals surface area contributed by atoms with Crippen LogP contribution in [-0.2, 0) is 9.84 Å². The first-order valence-corrected chi connectivity index (χ1v) is 7.02. The van der Waals surface area contributed by atoms with Gasteiger partial charge >= 0.3 is 0 Å². The standard InChI is InChI=1S/C11H13FN2O2S/c1-8(7-17(2,15)16)14-11-4-3-10(12)5-9(11)6-13/h3-5,8,14H,7H2,1-2H3. The summed E-state index contributed by atoms with van der Waals surface area (Å²) in [7, 11) is -3.09. The minimum absolute atomic E-state index is 0.0464. The molecule has 17 heavy (non-hydrogen) atoms. The first-order valence-electron chi connectivity index (χ1n) is 4.96. The van der Waals surface area contributed by atoms with Gasteiger partial charge in [-0.2, -0.15) is 5.26 Å². The number of hydrogen-bond donors (Lipinski definition) is 1. The lowest BCUT2D eigenvalue weighted by Gasteiger charge is -2.15. The highest BCUT2D eigenvalue weighted by Crippen LogP contribution is 2.17. The van der Waals surface area contributed by atoms with Crippen LogP contribution in [0.15, 0.2) is 18.2 Å². The monoisotopic (exact) mass is 256 g/mol. The molecular weight excluding hydrogens is 243 g/mol. The number of hydrogen-bond acceptors (Lipinski definition) is 4. The Balaban J connectivity index is 2.86. The van der Waals surface area contributed by atoms with Gasteiger partial charge in [0, 0.05) is 12.3 Å². The molecule has 1 atom stereocenters. The van der Waals surface area contributed by atoms with Crippen LogP contribution < -0.4 is 5.32 Å². The molecule has 1 aromatic rings. The minimum atomic E-state index is -3.09. The molecule has 1 N–H and O–H groups in total. The molecule has 0 aromatic heterocycles. The van der Waals surface area contributed by atoms with Gasteiger partial charge in [0.15, 0.2) is 0 Å². The summed E-state index contributed by atoms with van der Waals surface area (Å²) in [5.74, 6) is -0.544. The van der Waals surface area contributed by atoms with Crippen molar-refractivity contribution in [1.82, 2.24) is 0 Å². The third kappa shape index (κ3) is 4.41. The second-order valence-electron chi connectivity index (χ2n) is 3.94. The van der Waals surface area contributed by atoms with Gasteiger partial charge in [-0.3, -0.25) is 0 Å². The Kier molecular flexibility index (Phi) is 4.07. The highest BCUT2D eigenvalue weighted by Gasteiger charge is 2.12. The van der Waals surface area contributed by atoms with Crippen molar-refractivity contribution in [2.45, 2.75) is 13.0 Å². The van der Waals surface area contributed by atoms with Crippen LogP contribution >= 0.6 is 0 Å². The van der Waals surface area contributed by atoms with E-state index in [9.17, 15) is 12.8 Å². The molecule has 0 aliphatic heterocycles. The van der Waals surface area contributed by atoms with E-state index in [2.05, 4.69) is 5.32 Å². The molecule has 1 unspecified atom stereocenters. The number of nitriles is 1. The average Bonchev–Trinajstić information content (AvgIpc) is 2.17. The molecule has 1 aromatic carbocycles. The average molecular weight is 256 g/mol. The molecule has 1 rings (SSSR count). The van der Waals surface area contributed by atoms with Crippen molar-refractivity contribution in [3.8, 4) is 6.07 Å². The number of halogens is 1. The lowest BCUT2D eigenvalue weighted by Crippen LogP contribution is -2.25. The third-order valence-electron chi connectivity index (χ3n) is 2.06. The smallest absolute Gasteiger partial charge is 0.149 e. The second kappa shape index (κ2) is 5.15. The summed E-state index contributed by atoms with van der Waals surface area (Å²) in [5, 5.41) is 11.7. The molecule has 0 aliphatic carbocycles. The van der Waals surface area contributed by atoms with E-state index in [1.165, 1.54) is 12.1 Å². The van der Waals surface area contributed by atoms with Crippen molar-refractivity contribution in [3.05, 3.63) is 29.6 Å². The van der Waals surface area contributed by atoms with Crippen molar-refractivity contribution in [3.63, 3.8) is 0 Å². The molecule has 6 heteroatoms. The van der Waals surface area contributed by atoms with Crippen molar-refractivity contribution in [2.75, 3.05) is 17.3 Å². The number of rotatable bonds is 4. The lowest BCUT2D eigenvalue weighted by molar-refractivity contribution is 0.597. The molecule has 4 nitrogen and oxygen atoms in total. The molecule has 92 valence electrons. The summed E-state index contributed by atoms with van der Waals surface area (Å²) < 4.78 is 35.0. The number of nitrogens with one attached hydrogen (secondary N) is 1. The second-order valence-corrected chi connectivity index (χ2v) is 6.12. The van der Waals surface area contributed by atoms with Crippen LogP contribution in [0.2, 0.25) is 0 Å². The molecular formula is C11H13FN2O2S. The zero-order valence-electron chi connectivity index (χ0n) is 9.57. The van der Waals surface area contributed by atoms with E-state index >= 15 is 0 Å². The molecule has 0 spiro atoms. The molecule has 0 saturated carbocycles. The first kappa shape index (κ1) is 13.5. The first-order chi connectivity index (χ1) is 7.81. The van der Waals surface area contributed by atoms with E-state index in [1.54, 1.807) is 6.92 Å². The van der Waals surface area contributed by atoms with E-state index in [1.807, 2.05) is 6.07 Å². The van der Waals surface area contributed by atoms with Gasteiger partial charge in [0.2, 0.25) is 0 Å². The molecule has 0 heterocycles. The van der Waals surface area contributed by atoms with Crippen LogP contribution in [0, 0.1) is 17.1 Å². The van der Waals surface area contributed by atoms with Crippen LogP contribution in [-0.4, -0.2) is 26.5 Å². The fourth-order valence-corrected chi connectivity index (χ4v) is 2.49. The predicted molar refractivity (Wildman–Crippen MR) is 63.9 cm³/mol. The zero-order valence-corrected chi connectivity index (χ0v) is 10.4. The molecule has 0 amide bonds. The van der Waals surface area contributed by atoms with Gasteiger partial charge in [-0.1, -0.05) is 0 Å². The van der Waals surface area contributed by atoms with Crippen LogP contribution in [0.4, 0.5) is 10.1 Å². The van der Waals surface area contributed by atoms with E-state index in [-0.39, 0.29) is 17.4 Å². The summed E-state index contributed by atoms with van der Waals surface area (Å²) in [6.45, 7) is 1.69. The number of benzene rings is 1. The Labute approximate surface area is 100.0 Å². The van der Waals surface area contributed by atoms with Crippen LogP contribution in [0.3, 0.4) is 0 Å². The van der Waals surface area contributed by atoms with Gasteiger partial charge in [0.25, 0.3) is 0 Å². The van der Waals surface area contributed by atoms with E-state index < -0.39 is 15.7 Å². The van der Waals surface area contributed by atoms with Crippen molar-refractivity contribution in [2.24, 2.45) is 0 Å². The van der Waals surface area contributed by atoms with Gasteiger partial charge < -0.3 is 5.32 Å². The van der Waals surface area contributed by atoms with E-state index in [4.69, 9.17) is 5.26 Å². The van der Waals surface area contributed by atoms with Crippen molar-refractivity contribution in [1.29, 1.82) is 5.26 Å². The highest BCUT2D eigenvalue weighted by molar-refractivity contribution is 7.90. The number of anilines is 1. The van der Waals surface area contributed by atoms with Crippen LogP contribution in [0.5, 0.6) is 0 Å². The maximum atomic E-state index is 12.9. The van der Waals surface area contributed by atoms with E-state index in [0.29, 0.717) is 5.69 Å². The summed E-state index contributed by atoms with van der Waals surface area (Å²) in [6, 6.07) is 5.26. The fraction of sp³-hybridized carbons (Fsp3) is 0.364. The van der Waals surface area contributed by atoms with Crippen LogP contribution in [0.1, 0.15) is 12.5 Å². The normalized spacial score (nSPS) is 12.8. The summed E-state index contributed by atoms with van der Waals surface area (Å²) in [5.41, 5.74) is 0.593. The molecule has 0 bridgehead atoms. The highest BCUT2D eigenvalue weighted by atomic mass is 32.2. The Morgan fingerprint density at radius 2 is 2.18 bits per heavy atom. The Hall–Kier alpha value is -1.61. The topological polar surface area (TPSA) is 70.0 Å². The maximum absolute atomic E-state index is 12.9. The van der Waals surface area contributed by atoms with Gasteiger partial charge in [-0.15, -0.1) is 0 Å². The zero-order chi connectivity index (χ0) is 13.1. The number of sulfone groups is 1. The Morgan fingerprint density at radius 1 is 1.53 bits per heavy atom. The predicted octanol–water partition coefficient (Wildman–Crippen LogP) is 1.54. The Morgan fingerprint density at radius 3 is 2.71 bits per heavy atom. The Bertz CT molecular complexity index is 549. The van der Waals surface area contributed by atoms with Crippen LogP contribution in [0.25, 0.3) is 0 Å². The number of nitrogens with zero attached hydrogens (tertiary/aromatic N) is 1. The third-order valence-corrected chi connectivity index (χ3v) is 3.16. The quantitative estimate of drug-likeness (QED) is 0.887. The largest absolute Gasteiger partial charge is 0.380 e. The van der Waals surface area contributed by atoms with Gasteiger partial charge in [-0.05, 0) is 25.1 Å². The molecule has 0 saturated heterocycles.